The molecule has 2 aromatic carbocycles. The number of nitro groups is 2. The van der Waals surface area contributed by atoms with Crippen LogP contribution >= 0.6 is 12.2 Å². The molecule has 3 aromatic rings. The maximum Gasteiger partial charge on any atom is 0.301 e. The van der Waals surface area contributed by atoms with E-state index in [0.717, 1.165) is 12.1 Å². The molecule has 12 nitrogen and oxygen atoms in total. The molecule has 152 valence electrons. The van der Waals surface area contributed by atoms with Crippen molar-refractivity contribution in [1.29, 1.82) is 0 Å². The van der Waals surface area contributed by atoms with Crippen molar-refractivity contribution in [3.8, 4) is 22.7 Å². The van der Waals surface area contributed by atoms with Crippen molar-refractivity contribution in [2.24, 2.45) is 10.8 Å². The first-order valence-corrected chi connectivity index (χ1v) is 8.58. The molecule has 3 rings (SSSR count). The van der Waals surface area contributed by atoms with Crippen LogP contribution in [0, 0.1) is 20.2 Å². The highest BCUT2D eigenvalue weighted by Crippen LogP contribution is 2.32. The highest BCUT2D eigenvalue weighted by atomic mass is 32.1. The van der Waals surface area contributed by atoms with Crippen molar-refractivity contribution in [2.45, 2.75) is 0 Å². The maximum atomic E-state index is 11.5. The van der Waals surface area contributed by atoms with Gasteiger partial charge in [0.05, 0.1) is 22.1 Å². The minimum atomic E-state index is -0.744. The normalized spacial score (nSPS) is 10.8. The number of nitro benzene ring substituents is 2. The predicted molar refractivity (Wildman–Crippen MR) is 111 cm³/mol. The molecule has 0 saturated carbocycles. The monoisotopic (exact) mass is 427 g/mol. The summed E-state index contributed by atoms with van der Waals surface area (Å²) in [5.74, 6) is -0.0714. The Hall–Kier alpha value is -4.39. The van der Waals surface area contributed by atoms with Crippen molar-refractivity contribution in [2.75, 3.05) is 0 Å². The molecule has 0 unspecified atom stereocenters. The number of phenolic OH excluding ortho intramolecular Hbond substituents is 1. The van der Waals surface area contributed by atoms with Crippen LogP contribution < -0.4 is 11.2 Å². The van der Waals surface area contributed by atoms with Gasteiger partial charge in [-0.3, -0.25) is 25.7 Å². The number of non-ortho nitro benzene ring substituents is 1. The van der Waals surface area contributed by atoms with E-state index in [0.29, 0.717) is 11.1 Å². The van der Waals surface area contributed by atoms with Crippen LogP contribution in [-0.4, -0.2) is 36.1 Å². The molecule has 13 heteroatoms. The lowest BCUT2D eigenvalue weighted by atomic mass is 10.1. The number of rotatable bonds is 6. The van der Waals surface area contributed by atoms with Crippen LogP contribution in [0.2, 0.25) is 0 Å². The number of nitrogens with zero attached hydrogens (tertiary/aromatic N) is 5. The number of aromatic nitrogens is 2. The first kappa shape index (κ1) is 20.3. The molecule has 0 amide bonds. The first-order valence-electron chi connectivity index (χ1n) is 8.17. The topological polar surface area (TPSA) is 175 Å². The number of hydrogen-bond acceptors (Lipinski definition) is 8. The van der Waals surface area contributed by atoms with Crippen LogP contribution in [0.3, 0.4) is 0 Å². The van der Waals surface area contributed by atoms with Gasteiger partial charge in [0.1, 0.15) is 17.1 Å². The smallest absolute Gasteiger partial charge is 0.301 e. The van der Waals surface area contributed by atoms with E-state index in [2.05, 4.69) is 27.8 Å². The highest BCUT2D eigenvalue weighted by Gasteiger charge is 2.23. The quantitative estimate of drug-likeness (QED) is 0.230. The third kappa shape index (κ3) is 4.20. The zero-order valence-electron chi connectivity index (χ0n) is 15.0. The standard InChI is InChI=1S/C17H13N7O5S/c18-17(30)20-19-8-10-9-22(21-16(10)12-3-1-2-4-15(12)25)13-6-5-11(23(26)27)7-14(13)24(28)29/h1-9,25H,(H3,18,20,30). The molecule has 0 aliphatic rings. The van der Waals surface area contributed by atoms with Crippen molar-refractivity contribution < 1.29 is 15.0 Å². The van der Waals surface area contributed by atoms with E-state index < -0.39 is 21.2 Å². The number of benzene rings is 2. The molecule has 0 aliphatic carbocycles. The minimum absolute atomic E-state index is 0.00998. The van der Waals surface area contributed by atoms with E-state index in [9.17, 15) is 25.3 Å². The zero-order valence-corrected chi connectivity index (χ0v) is 15.8. The first-order chi connectivity index (χ1) is 14.3. The number of aromatic hydroxyl groups is 1. The molecule has 1 heterocycles. The number of hydrogen-bond donors (Lipinski definition) is 3. The Kier molecular flexibility index (Phi) is 5.64. The minimum Gasteiger partial charge on any atom is -0.507 e. The Morgan fingerprint density at radius 2 is 1.97 bits per heavy atom. The molecule has 0 fully saturated rings. The Bertz CT molecular complexity index is 1190. The molecular formula is C17H13N7O5S. The lowest BCUT2D eigenvalue weighted by Gasteiger charge is -2.04. The average molecular weight is 427 g/mol. The van der Waals surface area contributed by atoms with Crippen LogP contribution in [0.5, 0.6) is 5.75 Å². The van der Waals surface area contributed by atoms with E-state index in [1.807, 2.05) is 0 Å². The second kappa shape index (κ2) is 8.32. The number of nitrogens with one attached hydrogen (secondary N) is 1. The summed E-state index contributed by atoms with van der Waals surface area (Å²) in [6.07, 6.45) is 2.74. The number of phenols is 1. The zero-order chi connectivity index (χ0) is 21.8. The van der Waals surface area contributed by atoms with Gasteiger partial charge in [-0.1, -0.05) is 12.1 Å². The van der Waals surface area contributed by atoms with Crippen molar-refractivity contribution in [1.82, 2.24) is 15.2 Å². The molecule has 0 aliphatic heterocycles. The predicted octanol–water partition coefficient (Wildman–Crippen LogP) is 2.23. The summed E-state index contributed by atoms with van der Waals surface area (Å²) in [6.45, 7) is 0. The number of nitrogens with two attached hydrogens (primary N) is 1. The summed E-state index contributed by atoms with van der Waals surface area (Å²) < 4.78 is 1.17. The Morgan fingerprint density at radius 3 is 2.60 bits per heavy atom. The van der Waals surface area contributed by atoms with Gasteiger partial charge in [-0.05, 0) is 30.4 Å². The molecule has 0 bridgehead atoms. The summed E-state index contributed by atoms with van der Waals surface area (Å²) in [7, 11) is 0. The van der Waals surface area contributed by atoms with Gasteiger partial charge in [0.25, 0.3) is 5.69 Å². The van der Waals surface area contributed by atoms with Crippen molar-refractivity contribution in [3.05, 3.63) is 74.5 Å². The van der Waals surface area contributed by atoms with E-state index in [1.165, 1.54) is 29.2 Å². The van der Waals surface area contributed by atoms with Crippen LogP contribution in [0.25, 0.3) is 16.9 Å². The van der Waals surface area contributed by atoms with Gasteiger partial charge in [0.2, 0.25) is 0 Å². The molecule has 0 saturated heterocycles. The Morgan fingerprint density at radius 1 is 1.23 bits per heavy atom. The average Bonchev–Trinajstić information content (AvgIpc) is 3.11. The van der Waals surface area contributed by atoms with E-state index >= 15 is 0 Å². The van der Waals surface area contributed by atoms with E-state index in [-0.39, 0.29) is 22.2 Å². The van der Waals surface area contributed by atoms with Crippen LogP contribution in [-0.2, 0) is 0 Å². The van der Waals surface area contributed by atoms with E-state index in [4.69, 9.17) is 5.73 Å². The molecule has 0 radical (unpaired) electrons. The number of para-hydroxylation sites is 1. The van der Waals surface area contributed by atoms with Crippen LogP contribution in [0.4, 0.5) is 11.4 Å². The van der Waals surface area contributed by atoms with Gasteiger partial charge in [-0.15, -0.1) is 0 Å². The summed E-state index contributed by atoms with van der Waals surface area (Å²) in [6, 6.07) is 9.55. The summed E-state index contributed by atoms with van der Waals surface area (Å²) >= 11 is 4.68. The van der Waals surface area contributed by atoms with Gasteiger partial charge < -0.3 is 10.8 Å². The molecule has 0 spiro atoms. The van der Waals surface area contributed by atoms with E-state index in [1.54, 1.807) is 18.2 Å². The molecule has 4 N–H and O–H groups in total. The van der Waals surface area contributed by atoms with Gasteiger partial charge in [-0.25, -0.2) is 4.68 Å². The van der Waals surface area contributed by atoms with Crippen molar-refractivity contribution >= 4 is 34.9 Å². The fraction of sp³-hybridized carbons (Fsp3) is 0. The third-order valence-electron chi connectivity index (χ3n) is 3.89. The van der Waals surface area contributed by atoms with Gasteiger partial charge in [0, 0.05) is 23.4 Å². The second-order valence-corrected chi connectivity index (χ2v) is 6.26. The Labute approximate surface area is 173 Å². The lowest BCUT2D eigenvalue weighted by Crippen LogP contribution is -2.24. The lowest BCUT2D eigenvalue weighted by molar-refractivity contribution is -0.394. The summed E-state index contributed by atoms with van der Waals surface area (Å²) in [5, 5.41) is 40.7. The summed E-state index contributed by atoms with van der Waals surface area (Å²) in [5.41, 5.74) is 7.73. The van der Waals surface area contributed by atoms with Crippen LogP contribution in [0.1, 0.15) is 5.56 Å². The fourth-order valence-electron chi connectivity index (χ4n) is 2.62. The van der Waals surface area contributed by atoms with Crippen molar-refractivity contribution in [3.63, 3.8) is 0 Å². The largest absolute Gasteiger partial charge is 0.507 e. The summed E-state index contributed by atoms with van der Waals surface area (Å²) in [4.78, 5) is 21.0. The van der Waals surface area contributed by atoms with Gasteiger partial charge >= 0.3 is 5.69 Å². The third-order valence-corrected chi connectivity index (χ3v) is 3.98. The van der Waals surface area contributed by atoms with Crippen LogP contribution in [0.15, 0.2) is 53.8 Å². The Balaban J connectivity index is 2.19. The molecular weight excluding hydrogens is 414 g/mol. The number of thiocarbonyl (C=S) groups is 1. The van der Waals surface area contributed by atoms with Gasteiger partial charge in [0.15, 0.2) is 5.11 Å². The molecule has 1 aromatic heterocycles. The number of hydrazone groups is 1. The SMILES string of the molecule is NC(=S)NN=Cc1cn(-c2ccc([N+](=O)[O-])cc2[N+](=O)[O-])nc1-c1ccccc1O. The van der Waals surface area contributed by atoms with Gasteiger partial charge in [-0.2, -0.15) is 10.2 Å². The molecule has 0 atom stereocenters. The maximum absolute atomic E-state index is 11.5. The fourth-order valence-corrected chi connectivity index (χ4v) is 2.67. The second-order valence-electron chi connectivity index (χ2n) is 5.82. The molecule has 30 heavy (non-hydrogen) atoms. The highest BCUT2D eigenvalue weighted by molar-refractivity contribution is 7.80.